The molecule has 0 aliphatic carbocycles. The van der Waals surface area contributed by atoms with Gasteiger partial charge < -0.3 is 14.8 Å². The number of pyridine rings is 1. The van der Waals surface area contributed by atoms with E-state index >= 15 is 0 Å². The third-order valence-corrected chi connectivity index (χ3v) is 2.70. The van der Waals surface area contributed by atoms with Gasteiger partial charge in [-0.25, -0.2) is 0 Å². The minimum absolute atomic E-state index is 0.741. The zero-order chi connectivity index (χ0) is 13.5. The SMILES string of the molecule is CCNCc1ccncc1Oc1cccc(OC)c1. The molecule has 2 rings (SSSR count). The first-order valence-corrected chi connectivity index (χ1v) is 6.29. The van der Waals surface area contributed by atoms with Crippen molar-refractivity contribution in [1.29, 1.82) is 0 Å². The summed E-state index contributed by atoms with van der Waals surface area (Å²) < 4.78 is 11.0. The average Bonchev–Trinajstić information content (AvgIpc) is 2.46. The van der Waals surface area contributed by atoms with Crippen molar-refractivity contribution in [3.63, 3.8) is 0 Å². The second kappa shape index (κ2) is 6.75. The van der Waals surface area contributed by atoms with Gasteiger partial charge in [0, 0.05) is 24.4 Å². The highest BCUT2D eigenvalue weighted by atomic mass is 16.5. The predicted molar refractivity (Wildman–Crippen MR) is 74.7 cm³/mol. The topological polar surface area (TPSA) is 43.4 Å². The van der Waals surface area contributed by atoms with Crippen molar-refractivity contribution in [1.82, 2.24) is 10.3 Å². The largest absolute Gasteiger partial charge is 0.497 e. The first-order chi connectivity index (χ1) is 9.33. The summed E-state index contributed by atoms with van der Waals surface area (Å²) in [5.41, 5.74) is 1.08. The summed E-state index contributed by atoms with van der Waals surface area (Å²) >= 11 is 0. The van der Waals surface area contributed by atoms with Gasteiger partial charge in [-0.1, -0.05) is 13.0 Å². The van der Waals surface area contributed by atoms with Gasteiger partial charge in [0.15, 0.2) is 0 Å². The molecule has 1 heterocycles. The standard InChI is InChI=1S/C15H18N2O2/c1-3-16-10-12-7-8-17-11-15(12)19-14-6-4-5-13(9-14)18-2/h4-9,11,16H,3,10H2,1-2H3. The van der Waals surface area contributed by atoms with Gasteiger partial charge in [0.2, 0.25) is 0 Å². The molecular weight excluding hydrogens is 240 g/mol. The summed E-state index contributed by atoms with van der Waals surface area (Å²) in [4.78, 5) is 4.11. The number of hydrogen-bond acceptors (Lipinski definition) is 4. The summed E-state index contributed by atoms with van der Waals surface area (Å²) in [5, 5.41) is 3.28. The van der Waals surface area contributed by atoms with E-state index in [0.717, 1.165) is 35.9 Å². The third-order valence-electron chi connectivity index (χ3n) is 2.70. The van der Waals surface area contributed by atoms with Gasteiger partial charge in [-0.2, -0.15) is 0 Å². The van der Waals surface area contributed by atoms with Crippen LogP contribution in [0.15, 0.2) is 42.7 Å². The molecule has 0 unspecified atom stereocenters. The highest BCUT2D eigenvalue weighted by Gasteiger charge is 2.05. The maximum atomic E-state index is 5.87. The Morgan fingerprint density at radius 2 is 2.05 bits per heavy atom. The number of methoxy groups -OCH3 is 1. The number of ether oxygens (including phenoxy) is 2. The van der Waals surface area contributed by atoms with Crippen LogP contribution in [-0.4, -0.2) is 18.6 Å². The molecule has 0 fully saturated rings. The van der Waals surface area contributed by atoms with E-state index in [2.05, 4.69) is 17.2 Å². The van der Waals surface area contributed by atoms with Crippen molar-refractivity contribution in [2.45, 2.75) is 13.5 Å². The van der Waals surface area contributed by atoms with Gasteiger partial charge in [0.05, 0.1) is 13.3 Å². The van der Waals surface area contributed by atoms with Gasteiger partial charge in [-0.3, -0.25) is 4.98 Å². The maximum absolute atomic E-state index is 5.87. The first kappa shape index (κ1) is 13.4. The van der Waals surface area contributed by atoms with Crippen LogP contribution >= 0.6 is 0 Å². The number of aromatic nitrogens is 1. The summed E-state index contributed by atoms with van der Waals surface area (Å²) in [6.07, 6.45) is 3.50. The summed E-state index contributed by atoms with van der Waals surface area (Å²) in [5.74, 6) is 2.27. The normalized spacial score (nSPS) is 10.2. The van der Waals surface area contributed by atoms with Crippen LogP contribution in [-0.2, 0) is 6.54 Å². The molecule has 19 heavy (non-hydrogen) atoms. The third kappa shape index (κ3) is 3.69. The van der Waals surface area contributed by atoms with E-state index in [1.165, 1.54) is 0 Å². The molecule has 0 bridgehead atoms. The maximum Gasteiger partial charge on any atom is 0.150 e. The van der Waals surface area contributed by atoms with Crippen molar-refractivity contribution in [2.24, 2.45) is 0 Å². The van der Waals surface area contributed by atoms with Crippen molar-refractivity contribution in [2.75, 3.05) is 13.7 Å². The Hall–Kier alpha value is -2.07. The average molecular weight is 258 g/mol. The number of nitrogens with one attached hydrogen (secondary N) is 1. The Balaban J connectivity index is 2.17. The van der Waals surface area contributed by atoms with E-state index in [1.807, 2.05) is 30.3 Å². The highest BCUT2D eigenvalue weighted by molar-refractivity contribution is 5.38. The Kier molecular flexibility index (Phi) is 4.75. The number of nitrogens with zero attached hydrogens (tertiary/aromatic N) is 1. The van der Waals surface area contributed by atoms with Gasteiger partial charge in [-0.15, -0.1) is 0 Å². The van der Waals surface area contributed by atoms with E-state index in [1.54, 1.807) is 19.5 Å². The minimum atomic E-state index is 0.741. The zero-order valence-electron chi connectivity index (χ0n) is 11.2. The molecule has 4 heteroatoms. The molecule has 1 aromatic carbocycles. The molecule has 0 aliphatic heterocycles. The van der Waals surface area contributed by atoms with E-state index in [9.17, 15) is 0 Å². The molecule has 0 spiro atoms. The molecule has 1 aromatic heterocycles. The quantitative estimate of drug-likeness (QED) is 0.865. The second-order valence-electron chi connectivity index (χ2n) is 4.04. The van der Waals surface area contributed by atoms with Gasteiger partial charge in [0.25, 0.3) is 0 Å². The fourth-order valence-corrected chi connectivity index (χ4v) is 1.70. The fraction of sp³-hybridized carbons (Fsp3) is 0.267. The molecule has 2 aromatic rings. The van der Waals surface area contributed by atoms with Crippen LogP contribution < -0.4 is 14.8 Å². The lowest BCUT2D eigenvalue weighted by Gasteiger charge is -2.11. The number of rotatable bonds is 6. The summed E-state index contributed by atoms with van der Waals surface area (Å²) in [7, 11) is 1.64. The van der Waals surface area contributed by atoms with Gasteiger partial charge in [-0.05, 0) is 24.7 Å². The molecule has 0 atom stereocenters. The van der Waals surface area contributed by atoms with Crippen LogP contribution in [0.25, 0.3) is 0 Å². The molecule has 1 N–H and O–H groups in total. The van der Waals surface area contributed by atoms with E-state index < -0.39 is 0 Å². The molecule has 0 radical (unpaired) electrons. The molecule has 0 amide bonds. The van der Waals surface area contributed by atoms with E-state index in [0.29, 0.717) is 0 Å². The molecule has 100 valence electrons. The fourth-order valence-electron chi connectivity index (χ4n) is 1.70. The molecular formula is C15H18N2O2. The number of hydrogen-bond donors (Lipinski definition) is 1. The smallest absolute Gasteiger partial charge is 0.150 e. The van der Waals surface area contributed by atoms with E-state index in [-0.39, 0.29) is 0 Å². The first-order valence-electron chi connectivity index (χ1n) is 6.29. The van der Waals surface area contributed by atoms with Crippen molar-refractivity contribution in [3.05, 3.63) is 48.3 Å². The Morgan fingerprint density at radius 3 is 2.84 bits per heavy atom. The molecule has 0 saturated heterocycles. The molecule has 4 nitrogen and oxygen atoms in total. The zero-order valence-corrected chi connectivity index (χ0v) is 11.2. The summed E-state index contributed by atoms with van der Waals surface area (Å²) in [6, 6.07) is 9.49. The van der Waals surface area contributed by atoms with Crippen molar-refractivity contribution >= 4 is 0 Å². The Morgan fingerprint density at radius 1 is 1.21 bits per heavy atom. The van der Waals surface area contributed by atoms with Gasteiger partial charge in [0.1, 0.15) is 17.2 Å². The van der Waals surface area contributed by atoms with Crippen LogP contribution in [0, 0.1) is 0 Å². The van der Waals surface area contributed by atoms with Crippen LogP contribution in [0.4, 0.5) is 0 Å². The second-order valence-corrected chi connectivity index (χ2v) is 4.04. The summed E-state index contributed by atoms with van der Waals surface area (Å²) in [6.45, 7) is 3.75. The van der Waals surface area contributed by atoms with Gasteiger partial charge >= 0.3 is 0 Å². The van der Waals surface area contributed by atoms with Crippen LogP contribution in [0.1, 0.15) is 12.5 Å². The van der Waals surface area contributed by atoms with Crippen LogP contribution in [0.5, 0.6) is 17.2 Å². The van der Waals surface area contributed by atoms with Crippen LogP contribution in [0.3, 0.4) is 0 Å². The lowest BCUT2D eigenvalue weighted by atomic mass is 10.2. The van der Waals surface area contributed by atoms with Crippen molar-refractivity contribution in [3.8, 4) is 17.2 Å². The predicted octanol–water partition coefficient (Wildman–Crippen LogP) is 2.99. The number of benzene rings is 1. The minimum Gasteiger partial charge on any atom is -0.497 e. The lowest BCUT2D eigenvalue weighted by molar-refractivity contribution is 0.408. The molecule has 0 saturated carbocycles. The molecule has 0 aliphatic rings. The highest BCUT2D eigenvalue weighted by Crippen LogP contribution is 2.27. The van der Waals surface area contributed by atoms with Crippen LogP contribution in [0.2, 0.25) is 0 Å². The monoisotopic (exact) mass is 258 g/mol. The Bertz CT molecular complexity index is 529. The Labute approximate surface area is 113 Å². The lowest BCUT2D eigenvalue weighted by Crippen LogP contribution is -2.12. The van der Waals surface area contributed by atoms with E-state index in [4.69, 9.17) is 9.47 Å². The van der Waals surface area contributed by atoms with Crippen molar-refractivity contribution < 1.29 is 9.47 Å².